The quantitative estimate of drug-likeness (QED) is 0.320. The van der Waals surface area contributed by atoms with Gasteiger partial charge in [-0.15, -0.1) is 0 Å². The summed E-state index contributed by atoms with van der Waals surface area (Å²) < 4.78 is 5.40. The summed E-state index contributed by atoms with van der Waals surface area (Å²) in [5, 5.41) is 3.99. The van der Waals surface area contributed by atoms with Gasteiger partial charge < -0.3 is 4.74 Å². The zero-order valence-electron chi connectivity index (χ0n) is 13.9. The maximum Gasteiger partial charge on any atom is 0.312 e. The molecule has 1 heterocycles. The van der Waals surface area contributed by atoms with Crippen LogP contribution in [0.25, 0.3) is 10.4 Å². The molecule has 0 radical (unpaired) electrons. The molecule has 4 aliphatic rings. The van der Waals surface area contributed by atoms with Gasteiger partial charge in [0.05, 0.1) is 18.1 Å². The van der Waals surface area contributed by atoms with Crippen LogP contribution in [0.3, 0.4) is 0 Å². The Bertz CT molecular complexity index is 736. The highest BCUT2D eigenvalue weighted by Gasteiger charge is 2.61. The summed E-state index contributed by atoms with van der Waals surface area (Å²) in [6.45, 7) is 4.61. The first-order chi connectivity index (χ1) is 11.4. The van der Waals surface area contributed by atoms with Gasteiger partial charge in [-0.1, -0.05) is 18.1 Å². The molecule has 0 aromatic rings. The minimum Gasteiger partial charge on any atom is -0.465 e. The Kier molecular flexibility index (Phi) is 3.20. The molecule has 0 aromatic heterocycles. The van der Waals surface area contributed by atoms with Gasteiger partial charge in [-0.2, -0.15) is 0 Å². The van der Waals surface area contributed by atoms with Crippen LogP contribution in [0.2, 0.25) is 0 Å². The molecular weight excluding hydrogens is 306 g/mol. The fourth-order valence-corrected chi connectivity index (χ4v) is 5.63. The molecule has 0 spiro atoms. The Morgan fingerprint density at radius 3 is 2.88 bits per heavy atom. The molecule has 0 N–H and O–H groups in total. The first-order valence-corrected chi connectivity index (χ1v) is 8.57. The number of ketones is 1. The number of azide groups is 1. The first kappa shape index (κ1) is 15.5. The van der Waals surface area contributed by atoms with Gasteiger partial charge in [0.2, 0.25) is 0 Å². The number of rotatable bonds is 1. The minimum absolute atomic E-state index is 0.0425. The summed E-state index contributed by atoms with van der Waals surface area (Å²) in [6.07, 6.45) is 7.69. The lowest BCUT2D eigenvalue weighted by Gasteiger charge is -2.55. The molecule has 6 heteroatoms. The van der Waals surface area contributed by atoms with E-state index in [1.165, 1.54) is 0 Å². The van der Waals surface area contributed by atoms with Crippen molar-refractivity contribution < 1.29 is 14.3 Å². The van der Waals surface area contributed by atoms with Crippen LogP contribution in [0, 0.1) is 28.6 Å². The molecule has 1 aliphatic heterocycles. The van der Waals surface area contributed by atoms with Crippen molar-refractivity contribution in [3.05, 3.63) is 34.2 Å². The normalized spacial score (nSPS) is 46.2. The summed E-state index contributed by atoms with van der Waals surface area (Å²) in [5.74, 6) is 0.618. The maximum atomic E-state index is 12.2. The van der Waals surface area contributed by atoms with Crippen molar-refractivity contribution in [1.82, 2.24) is 0 Å². The molecule has 3 fully saturated rings. The number of esters is 1. The molecule has 3 aliphatic carbocycles. The molecule has 0 unspecified atom stereocenters. The molecule has 2 saturated carbocycles. The van der Waals surface area contributed by atoms with Crippen molar-refractivity contribution in [1.29, 1.82) is 0 Å². The molecule has 6 atom stereocenters. The van der Waals surface area contributed by atoms with E-state index in [4.69, 9.17) is 10.3 Å². The van der Waals surface area contributed by atoms with E-state index in [1.807, 2.05) is 13.0 Å². The topological polar surface area (TPSA) is 92.1 Å². The van der Waals surface area contributed by atoms with Crippen molar-refractivity contribution in [2.45, 2.75) is 39.2 Å². The van der Waals surface area contributed by atoms with Crippen molar-refractivity contribution in [3.8, 4) is 0 Å². The second-order valence-electron chi connectivity index (χ2n) is 8.01. The van der Waals surface area contributed by atoms with Crippen molar-refractivity contribution in [3.63, 3.8) is 0 Å². The Balaban J connectivity index is 1.80. The van der Waals surface area contributed by atoms with Crippen LogP contribution < -0.4 is 0 Å². The number of allylic oxidation sites excluding steroid dienone is 3. The van der Waals surface area contributed by atoms with Gasteiger partial charge in [-0.25, -0.2) is 0 Å². The molecule has 24 heavy (non-hydrogen) atoms. The van der Waals surface area contributed by atoms with Gasteiger partial charge >= 0.3 is 5.97 Å². The highest BCUT2D eigenvalue weighted by molar-refractivity contribution is 6.01. The summed E-state index contributed by atoms with van der Waals surface area (Å²) >= 11 is 0. The van der Waals surface area contributed by atoms with E-state index in [9.17, 15) is 9.59 Å². The molecule has 0 aromatic carbocycles. The highest BCUT2D eigenvalue weighted by atomic mass is 16.5. The number of cyclic esters (lactones) is 1. The van der Waals surface area contributed by atoms with Crippen molar-refractivity contribution >= 4 is 11.8 Å². The van der Waals surface area contributed by atoms with Gasteiger partial charge in [0.15, 0.2) is 5.78 Å². The van der Waals surface area contributed by atoms with Gasteiger partial charge in [-0.05, 0) is 61.3 Å². The number of hydrogen-bond donors (Lipinski definition) is 0. The predicted octanol–water partition coefficient (Wildman–Crippen LogP) is 3.35. The SMILES string of the molecule is C[C@]12C=CC(=O)C=C1[C@@H](N=[N+]=[N-])C[C@@H]1[C@@H]2CC[C@]2(C)C(=O)OC[C@@H]12. The zero-order valence-corrected chi connectivity index (χ0v) is 13.9. The smallest absolute Gasteiger partial charge is 0.312 e. The largest absolute Gasteiger partial charge is 0.465 e. The van der Waals surface area contributed by atoms with Crippen LogP contribution in [0.15, 0.2) is 28.9 Å². The van der Waals surface area contributed by atoms with E-state index in [0.29, 0.717) is 18.9 Å². The molecule has 1 saturated heterocycles. The van der Waals surface area contributed by atoms with E-state index in [0.717, 1.165) is 18.4 Å². The van der Waals surface area contributed by atoms with Crippen LogP contribution in [0.4, 0.5) is 0 Å². The van der Waals surface area contributed by atoms with Crippen LogP contribution in [0.5, 0.6) is 0 Å². The van der Waals surface area contributed by atoms with E-state index < -0.39 is 5.41 Å². The van der Waals surface area contributed by atoms with E-state index in [-0.39, 0.29) is 35.0 Å². The van der Waals surface area contributed by atoms with Gasteiger partial charge in [-0.3, -0.25) is 9.59 Å². The van der Waals surface area contributed by atoms with Crippen molar-refractivity contribution in [2.75, 3.05) is 6.61 Å². The lowest BCUT2D eigenvalue weighted by molar-refractivity contribution is -0.148. The second kappa shape index (κ2) is 4.96. The van der Waals surface area contributed by atoms with E-state index in [2.05, 4.69) is 16.9 Å². The van der Waals surface area contributed by atoms with Gasteiger partial charge in [0.1, 0.15) is 0 Å². The van der Waals surface area contributed by atoms with Crippen molar-refractivity contribution in [2.24, 2.45) is 33.7 Å². The summed E-state index contributed by atoms with van der Waals surface area (Å²) in [7, 11) is 0. The van der Waals surface area contributed by atoms with E-state index in [1.54, 1.807) is 12.2 Å². The van der Waals surface area contributed by atoms with Crippen LogP contribution in [-0.4, -0.2) is 24.4 Å². The van der Waals surface area contributed by atoms with Gasteiger partial charge in [0, 0.05) is 16.2 Å². The fourth-order valence-electron chi connectivity index (χ4n) is 5.63. The number of nitrogens with zero attached hydrogens (tertiary/aromatic N) is 3. The molecule has 126 valence electrons. The predicted molar refractivity (Wildman–Crippen MR) is 86.7 cm³/mol. The number of ether oxygens (including phenoxy) is 1. The van der Waals surface area contributed by atoms with Gasteiger partial charge in [0.25, 0.3) is 0 Å². The fraction of sp³-hybridized carbons (Fsp3) is 0.667. The molecule has 4 rings (SSSR count). The average molecular weight is 327 g/mol. The first-order valence-electron chi connectivity index (χ1n) is 8.57. The maximum absolute atomic E-state index is 12.2. The number of carbonyl (C=O) groups is 2. The summed E-state index contributed by atoms with van der Waals surface area (Å²) in [5.41, 5.74) is 9.21. The van der Waals surface area contributed by atoms with Crippen LogP contribution in [-0.2, 0) is 14.3 Å². The second-order valence-corrected chi connectivity index (χ2v) is 8.01. The summed E-state index contributed by atoms with van der Waals surface area (Å²) in [4.78, 5) is 27.1. The molecule has 0 amide bonds. The third-order valence-corrected chi connectivity index (χ3v) is 7.02. The standard InChI is InChI=1S/C18H21N3O3/c1-17-5-3-10(22)7-13(17)15(20-21-19)8-11-12(17)4-6-18(2)14(11)9-24-16(18)23/h3,5,7,11-12,14-15H,4,6,8-9H2,1-2H3/t11-,12+,14+,15+,17-,18+/m1/s1. The lowest BCUT2D eigenvalue weighted by Crippen LogP contribution is -2.53. The monoisotopic (exact) mass is 327 g/mol. The molecular formula is C18H21N3O3. The number of carbonyl (C=O) groups excluding carboxylic acids is 2. The van der Waals surface area contributed by atoms with E-state index >= 15 is 0 Å². The summed E-state index contributed by atoms with van der Waals surface area (Å²) in [6, 6.07) is -0.326. The Hall–Kier alpha value is -2.07. The Morgan fingerprint density at radius 2 is 2.12 bits per heavy atom. The number of fused-ring (bicyclic) bond motifs is 5. The molecule has 6 nitrogen and oxygen atoms in total. The van der Waals surface area contributed by atoms with Crippen LogP contribution in [0.1, 0.15) is 33.1 Å². The lowest BCUT2D eigenvalue weighted by atomic mass is 9.47. The minimum atomic E-state index is -0.423. The zero-order chi connectivity index (χ0) is 17.1. The number of hydrogen-bond acceptors (Lipinski definition) is 4. The Labute approximate surface area is 140 Å². The third-order valence-electron chi connectivity index (χ3n) is 7.02. The average Bonchev–Trinajstić information content (AvgIpc) is 2.85. The Morgan fingerprint density at radius 1 is 1.33 bits per heavy atom. The molecule has 0 bridgehead atoms. The third kappa shape index (κ3) is 1.86. The van der Waals surface area contributed by atoms with Crippen LogP contribution >= 0.6 is 0 Å². The highest BCUT2D eigenvalue weighted by Crippen LogP contribution is 2.62.